The second-order valence-corrected chi connectivity index (χ2v) is 27.4. The lowest BCUT2D eigenvalue weighted by molar-refractivity contribution is 0.358. The van der Waals surface area contributed by atoms with Gasteiger partial charge in [-0.15, -0.1) is 0 Å². The minimum Gasteiger partial charge on any atom is -0.507 e. The Kier molecular flexibility index (Phi) is 16.8. The molecular weight excluding hydrogens is 876 g/mol. The van der Waals surface area contributed by atoms with Crippen molar-refractivity contribution in [2.45, 2.75) is 267 Å². The Morgan fingerprint density at radius 1 is 0.386 bits per heavy atom. The minimum absolute atomic E-state index is 0.0461. The first-order valence-corrected chi connectivity index (χ1v) is 28.5. The van der Waals surface area contributed by atoms with E-state index < -0.39 is 8.60 Å². The van der Waals surface area contributed by atoms with E-state index in [0.29, 0.717) is 12.2 Å². The van der Waals surface area contributed by atoms with Gasteiger partial charge in [0, 0.05) is 39.8 Å². The van der Waals surface area contributed by atoms with Crippen LogP contribution in [0.25, 0.3) is 11.1 Å². The maximum Gasteiger partial charge on any atom is 0.530 e. The summed E-state index contributed by atoms with van der Waals surface area (Å²) in [4.78, 5) is 0. The molecule has 0 spiro atoms. The van der Waals surface area contributed by atoms with E-state index in [-0.39, 0.29) is 43.3 Å². The molecule has 1 aliphatic rings. The predicted molar refractivity (Wildman–Crippen MR) is 305 cm³/mol. The van der Waals surface area contributed by atoms with E-state index in [9.17, 15) is 5.11 Å². The number of fused-ring (bicyclic) bond motifs is 2. The van der Waals surface area contributed by atoms with Crippen LogP contribution in [-0.2, 0) is 49.7 Å². The van der Waals surface area contributed by atoms with E-state index >= 15 is 0 Å². The number of benzene rings is 4. The second-order valence-electron chi connectivity index (χ2n) is 26.4. The van der Waals surface area contributed by atoms with E-state index in [4.69, 9.17) is 13.6 Å². The zero-order valence-electron chi connectivity index (χ0n) is 49.1. The van der Waals surface area contributed by atoms with Crippen molar-refractivity contribution >= 4 is 8.60 Å². The van der Waals surface area contributed by atoms with Crippen molar-refractivity contribution in [3.8, 4) is 34.1 Å². The summed E-state index contributed by atoms with van der Waals surface area (Å²) >= 11 is 0. The Bertz CT molecular complexity index is 2420. The Balaban J connectivity index is 2.04. The highest BCUT2D eigenvalue weighted by Gasteiger charge is 2.41. The monoisotopic (exact) mass is 975 g/mol. The lowest BCUT2D eigenvalue weighted by Gasteiger charge is -2.37. The van der Waals surface area contributed by atoms with Gasteiger partial charge in [0.05, 0.1) is 0 Å². The van der Waals surface area contributed by atoms with Crippen molar-refractivity contribution < 1.29 is 18.7 Å². The van der Waals surface area contributed by atoms with Gasteiger partial charge in [0.15, 0.2) is 0 Å². The van der Waals surface area contributed by atoms with Gasteiger partial charge in [0.1, 0.15) is 23.0 Å². The first-order chi connectivity index (χ1) is 32.2. The van der Waals surface area contributed by atoms with Crippen LogP contribution in [-0.4, -0.2) is 5.11 Å². The van der Waals surface area contributed by atoms with Gasteiger partial charge >= 0.3 is 8.60 Å². The van der Waals surface area contributed by atoms with Gasteiger partial charge in [0.2, 0.25) is 0 Å². The summed E-state index contributed by atoms with van der Waals surface area (Å²) in [7, 11) is -2.16. The molecule has 5 rings (SSSR count). The third kappa shape index (κ3) is 11.2. The maximum atomic E-state index is 13.0. The molecule has 5 heteroatoms. The molecule has 0 saturated heterocycles. The van der Waals surface area contributed by atoms with Crippen molar-refractivity contribution in [3.63, 3.8) is 0 Å². The van der Waals surface area contributed by atoms with Gasteiger partial charge in [-0.3, -0.25) is 0 Å². The summed E-state index contributed by atoms with van der Waals surface area (Å²) in [5, 5.41) is 13.0. The van der Waals surface area contributed by atoms with E-state index in [1.54, 1.807) is 0 Å². The third-order valence-electron chi connectivity index (χ3n) is 18.8. The molecule has 0 aromatic heterocycles. The van der Waals surface area contributed by atoms with Crippen LogP contribution in [0.5, 0.6) is 23.0 Å². The molecule has 0 fully saturated rings. The van der Waals surface area contributed by atoms with E-state index in [0.717, 1.165) is 90.9 Å². The Labute approximate surface area is 430 Å². The standard InChI is InChI=1S/C65H99O4P/c1-25-58(9,10)44-34-42-33-43-35-45(59(11,12)26-2)40-52(64(21,22)31-7)56(43)68-70(67-55(42)51(39-44)63(19,20)30-6)69-57-49(37-47(61(15,16)28-4)41-53(57)65(23,24)32-8)48-36-46(60(13,14)27-3)38-50(54(48)66)62(17,18)29-5/h34-41,66H,25-33H2,1-24H3. The molecule has 1 N–H and O–H groups in total. The number of rotatable bonds is 19. The first-order valence-electron chi connectivity index (χ1n) is 27.4. The Morgan fingerprint density at radius 3 is 1.03 bits per heavy atom. The molecule has 0 unspecified atom stereocenters. The lowest BCUT2D eigenvalue weighted by Crippen LogP contribution is -2.25. The van der Waals surface area contributed by atoms with Gasteiger partial charge in [-0.2, -0.15) is 0 Å². The highest BCUT2D eigenvalue weighted by Crippen LogP contribution is 2.58. The van der Waals surface area contributed by atoms with E-state index in [2.05, 4.69) is 215 Å². The highest BCUT2D eigenvalue weighted by atomic mass is 31.2. The van der Waals surface area contributed by atoms with Crippen LogP contribution < -0.4 is 13.6 Å². The average Bonchev–Trinajstić information content (AvgIpc) is 3.31. The first kappa shape index (κ1) is 57.4. The van der Waals surface area contributed by atoms with Gasteiger partial charge < -0.3 is 18.7 Å². The van der Waals surface area contributed by atoms with Gasteiger partial charge in [-0.25, -0.2) is 0 Å². The molecule has 0 atom stereocenters. The van der Waals surface area contributed by atoms with Crippen LogP contribution in [0, 0.1) is 0 Å². The van der Waals surface area contributed by atoms with Gasteiger partial charge in [0.25, 0.3) is 0 Å². The number of hydrogen-bond donors (Lipinski definition) is 1. The highest BCUT2D eigenvalue weighted by molar-refractivity contribution is 7.43. The Morgan fingerprint density at radius 2 is 0.671 bits per heavy atom. The molecular formula is C65H99O4P. The molecule has 1 aliphatic heterocycles. The van der Waals surface area contributed by atoms with Gasteiger partial charge in [-0.1, -0.05) is 203 Å². The lowest BCUT2D eigenvalue weighted by atomic mass is 9.72. The van der Waals surface area contributed by atoms with Crippen LogP contribution in [0.15, 0.2) is 48.5 Å². The molecule has 0 radical (unpaired) electrons. The SMILES string of the molecule is CCC(C)(C)c1cc(-c2cc(C(C)(C)CC)cc(C(C)(C)CC)c2OP2Oc3c(cc(C(C)(C)CC)cc3C(C)(C)CC)Cc3cc(C(C)(C)CC)cc(C(C)(C)CC)c3O2)c(O)c(C(C)(C)CC)c1. The zero-order chi connectivity index (χ0) is 53.0. The summed E-state index contributed by atoms with van der Waals surface area (Å²) in [5.74, 6) is 2.79. The van der Waals surface area contributed by atoms with Crippen LogP contribution in [0.4, 0.5) is 0 Å². The second kappa shape index (κ2) is 20.4. The summed E-state index contributed by atoms with van der Waals surface area (Å²) in [5.41, 5.74) is 12.2. The number of phenolic OH excluding ortho intramolecular Hbond substituents is 1. The topological polar surface area (TPSA) is 47.9 Å². The fraction of sp³-hybridized carbons (Fsp3) is 0.631. The number of aromatic hydroxyl groups is 1. The average molecular weight is 975 g/mol. The normalized spacial score (nSPS) is 14.6. The summed E-state index contributed by atoms with van der Waals surface area (Å²) in [6, 6.07) is 19.0. The number of hydrogen-bond acceptors (Lipinski definition) is 4. The smallest absolute Gasteiger partial charge is 0.507 e. The quantitative estimate of drug-likeness (QED) is 0.0951. The molecule has 388 valence electrons. The van der Waals surface area contributed by atoms with Crippen molar-refractivity contribution in [1.82, 2.24) is 0 Å². The molecule has 70 heavy (non-hydrogen) atoms. The summed E-state index contributed by atoms with van der Waals surface area (Å²) in [6.07, 6.45) is 8.25. The fourth-order valence-electron chi connectivity index (χ4n) is 9.27. The largest absolute Gasteiger partial charge is 0.530 e. The molecule has 4 aromatic rings. The van der Waals surface area contributed by atoms with Crippen molar-refractivity contribution in [2.24, 2.45) is 0 Å². The molecule has 1 heterocycles. The van der Waals surface area contributed by atoms with Crippen LogP contribution in [0.3, 0.4) is 0 Å². The molecule has 4 nitrogen and oxygen atoms in total. The zero-order valence-corrected chi connectivity index (χ0v) is 50.0. The molecule has 0 amide bonds. The van der Waals surface area contributed by atoms with E-state index in [1.165, 1.54) is 44.5 Å². The fourth-order valence-corrected chi connectivity index (χ4v) is 10.5. The Hall–Kier alpha value is -3.49. The molecule has 0 aliphatic carbocycles. The molecule has 0 bridgehead atoms. The number of phenols is 1. The van der Waals surface area contributed by atoms with Crippen molar-refractivity contribution in [3.05, 3.63) is 104 Å². The van der Waals surface area contributed by atoms with Crippen LogP contribution in [0.2, 0.25) is 0 Å². The summed E-state index contributed by atoms with van der Waals surface area (Å²) < 4.78 is 23.1. The maximum absolute atomic E-state index is 13.0. The minimum atomic E-state index is -2.16. The third-order valence-corrected chi connectivity index (χ3v) is 19.8. The summed E-state index contributed by atoms with van der Waals surface area (Å²) in [6.45, 7) is 55.6. The predicted octanol–water partition coefficient (Wildman–Crippen LogP) is 20.2. The molecule has 0 saturated carbocycles. The molecule has 4 aromatic carbocycles. The van der Waals surface area contributed by atoms with Crippen molar-refractivity contribution in [1.29, 1.82) is 0 Å². The van der Waals surface area contributed by atoms with Gasteiger partial charge in [-0.05, 0) is 140 Å². The van der Waals surface area contributed by atoms with Crippen LogP contribution in [0.1, 0.15) is 273 Å². The van der Waals surface area contributed by atoms with E-state index in [1.807, 2.05) is 0 Å². The van der Waals surface area contributed by atoms with Crippen LogP contribution >= 0.6 is 8.60 Å². The van der Waals surface area contributed by atoms with Crippen molar-refractivity contribution in [2.75, 3.05) is 0 Å².